The Labute approximate surface area is 267 Å². The first-order chi connectivity index (χ1) is 21.0. The lowest BCUT2D eigenvalue weighted by Gasteiger charge is -2.36. The van der Waals surface area contributed by atoms with Gasteiger partial charge in [0.2, 0.25) is 11.8 Å². The Morgan fingerprint density at radius 3 is 2.25 bits per heavy atom. The molecule has 1 fully saturated rings. The normalized spacial score (nSPS) is 14.7. The largest absolute Gasteiger partial charge is 0.352 e. The number of amides is 2. The number of halogens is 1. The highest BCUT2D eigenvalue weighted by molar-refractivity contribution is 7.90. The van der Waals surface area contributed by atoms with Crippen molar-refractivity contribution in [1.29, 1.82) is 0 Å². The van der Waals surface area contributed by atoms with Gasteiger partial charge in [0.1, 0.15) is 12.6 Å². The van der Waals surface area contributed by atoms with Crippen molar-refractivity contribution in [3.8, 4) is 0 Å². The Bertz CT molecular complexity index is 1540. The molecule has 0 saturated heterocycles. The summed E-state index contributed by atoms with van der Waals surface area (Å²) in [5.74, 6) is -0.735. The van der Waals surface area contributed by atoms with Crippen LogP contribution in [0.4, 0.5) is 5.69 Å². The Balaban J connectivity index is 1.78. The number of nitrogens with one attached hydrogen (secondary N) is 1. The van der Waals surface area contributed by atoms with E-state index in [2.05, 4.69) is 5.32 Å². The molecule has 44 heavy (non-hydrogen) atoms. The fourth-order valence-electron chi connectivity index (χ4n) is 5.62. The number of hydrogen-bond donors (Lipinski definition) is 1. The second-order valence-electron chi connectivity index (χ2n) is 11.8. The van der Waals surface area contributed by atoms with Crippen LogP contribution in [0.15, 0.2) is 72.8 Å². The van der Waals surface area contributed by atoms with Crippen LogP contribution in [0.25, 0.3) is 0 Å². The summed E-state index contributed by atoms with van der Waals surface area (Å²) >= 11 is 6.32. The van der Waals surface area contributed by atoms with Crippen molar-refractivity contribution in [3.05, 3.63) is 100 Å². The van der Waals surface area contributed by atoms with Crippen LogP contribution < -0.4 is 9.62 Å². The van der Waals surface area contributed by atoms with E-state index in [1.807, 2.05) is 62.4 Å². The lowest BCUT2D eigenvalue weighted by molar-refractivity contribution is -0.140. The van der Waals surface area contributed by atoms with Crippen molar-refractivity contribution >= 4 is 39.3 Å². The fourth-order valence-corrected chi connectivity index (χ4v) is 6.95. The van der Waals surface area contributed by atoms with Crippen molar-refractivity contribution < 1.29 is 18.0 Å². The average molecular weight is 639 g/mol. The summed E-state index contributed by atoms with van der Waals surface area (Å²) in [4.78, 5) is 30.1. The highest BCUT2D eigenvalue weighted by atomic mass is 35.5. The lowest BCUT2D eigenvalue weighted by Crippen LogP contribution is -2.55. The van der Waals surface area contributed by atoms with Gasteiger partial charge in [0.25, 0.3) is 0 Å². The summed E-state index contributed by atoms with van der Waals surface area (Å²) in [5.41, 5.74) is 3.63. The molecule has 1 N–H and O–H groups in total. The third-order valence-electron chi connectivity index (χ3n) is 8.12. The van der Waals surface area contributed by atoms with Gasteiger partial charge in [-0.15, -0.1) is 0 Å². The maximum absolute atomic E-state index is 14.5. The first kappa shape index (κ1) is 33.5. The molecule has 236 valence electrons. The summed E-state index contributed by atoms with van der Waals surface area (Å²) in [6, 6.07) is 21.4. The summed E-state index contributed by atoms with van der Waals surface area (Å²) in [7, 11) is -1.19. The predicted molar refractivity (Wildman–Crippen MR) is 177 cm³/mol. The monoisotopic (exact) mass is 638 g/mol. The quantitative estimate of drug-likeness (QED) is 0.277. The molecule has 3 aromatic carbocycles. The van der Waals surface area contributed by atoms with Gasteiger partial charge in [-0.2, -0.15) is 12.7 Å². The van der Waals surface area contributed by atoms with Gasteiger partial charge < -0.3 is 10.2 Å². The molecule has 0 radical (unpaired) electrons. The van der Waals surface area contributed by atoms with E-state index in [1.165, 1.54) is 19.0 Å². The van der Waals surface area contributed by atoms with Crippen LogP contribution in [-0.2, 0) is 32.8 Å². The molecule has 0 aromatic heterocycles. The van der Waals surface area contributed by atoms with Crippen LogP contribution in [0.1, 0.15) is 54.4 Å². The van der Waals surface area contributed by atoms with Gasteiger partial charge in [0.15, 0.2) is 0 Å². The SMILES string of the molecule is Cc1ccc(C)c(N(CC(=O)N(Cc2cccc(Cl)c2)[C@@H](Cc2ccccc2)C(=O)NC2CCCCC2)S(=O)(=O)N(C)C)c1. The Morgan fingerprint density at radius 1 is 0.909 bits per heavy atom. The Kier molecular flexibility index (Phi) is 11.5. The maximum atomic E-state index is 14.5. The molecule has 1 atom stereocenters. The number of anilines is 1. The Morgan fingerprint density at radius 2 is 1.59 bits per heavy atom. The van der Waals surface area contributed by atoms with Crippen molar-refractivity contribution in [1.82, 2.24) is 14.5 Å². The molecule has 0 spiro atoms. The summed E-state index contributed by atoms with van der Waals surface area (Å²) in [6.07, 6.45) is 5.31. The van der Waals surface area contributed by atoms with E-state index < -0.39 is 28.7 Å². The average Bonchev–Trinajstić information content (AvgIpc) is 2.99. The molecule has 1 aliphatic carbocycles. The molecule has 1 saturated carbocycles. The van der Waals surface area contributed by atoms with Crippen LogP contribution in [-0.4, -0.2) is 62.2 Å². The smallest absolute Gasteiger partial charge is 0.304 e. The van der Waals surface area contributed by atoms with Crippen LogP contribution in [0.5, 0.6) is 0 Å². The number of carbonyl (C=O) groups excluding carboxylic acids is 2. The first-order valence-electron chi connectivity index (χ1n) is 15.1. The van der Waals surface area contributed by atoms with Gasteiger partial charge in [-0.25, -0.2) is 4.31 Å². The van der Waals surface area contributed by atoms with Gasteiger partial charge in [-0.3, -0.25) is 9.59 Å². The Hall–Kier alpha value is -3.40. The molecule has 2 amide bonds. The van der Waals surface area contributed by atoms with E-state index in [-0.39, 0.29) is 24.9 Å². The highest BCUT2D eigenvalue weighted by Gasteiger charge is 2.36. The third-order valence-corrected chi connectivity index (χ3v) is 10.2. The second-order valence-corrected chi connectivity index (χ2v) is 14.3. The van der Waals surface area contributed by atoms with Gasteiger partial charge in [0, 0.05) is 38.1 Å². The first-order valence-corrected chi connectivity index (χ1v) is 16.9. The minimum atomic E-state index is -4.07. The molecule has 10 heteroatoms. The van der Waals surface area contributed by atoms with E-state index in [0.29, 0.717) is 16.3 Å². The molecule has 8 nitrogen and oxygen atoms in total. The molecule has 0 aliphatic heterocycles. The van der Waals surface area contributed by atoms with Gasteiger partial charge in [-0.1, -0.05) is 85.5 Å². The standard InChI is InChI=1S/C34H43ClN4O4S/c1-25-18-19-26(2)31(20-25)39(44(42,43)37(3)4)24-33(40)38(23-28-14-11-15-29(35)21-28)32(22-27-12-7-5-8-13-27)34(41)36-30-16-9-6-10-17-30/h5,7-8,11-15,18-21,30,32H,6,9-10,16-17,22-24H2,1-4H3,(H,36,41)/t32-/m0/s1. The second kappa shape index (κ2) is 15.1. The van der Waals surface area contributed by atoms with E-state index in [0.717, 1.165) is 57.4 Å². The number of nitrogens with zero attached hydrogens (tertiary/aromatic N) is 3. The topological polar surface area (TPSA) is 90.0 Å². The third kappa shape index (κ3) is 8.61. The van der Waals surface area contributed by atoms with Crippen molar-refractivity contribution in [2.24, 2.45) is 0 Å². The van der Waals surface area contributed by atoms with Gasteiger partial charge in [-0.05, 0) is 67.1 Å². The lowest BCUT2D eigenvalue weighted by atomic mass is 9.94. The van der Waals surface area contributed by atoms with Crippen molar-refractivity contribution in [3.63, 3.8) is 0 Å². The molecule has 0 unspecified atom stereocenters. The molecular formula is C34H43ClN4O4S. The molecule has 4 rings (SSSR count). The van der Waals surface area contributed by atoms with Crippen molar-refractivity contribution in [2.45, 2.75) is 71.0 Å². The van der Waals surface area contributed by atoms with Crippen LogP contribution in [0.3, 0.4) is 0 Å². The zero-order valence-electron chi connectivity index (χ0n) is 26.0. The number of aryl methyl sites for hydroxylation is 2. The van der Waals surface area contributed by atoms with Gasteiger partial charge >= 0.3 is 10.2 Å². The molecular weight excluding hydrogens is 596 g/mol. The van der Waals surface area contributed by atoms with E-state index >= 15 is 0 Å². The zero-order valence-corrected chi connectivity index (χ0v) is 27.6. The summed E-state index contributed by atoms with van der Waals surface area (Å²) in [5, 5.41) is 3.73. The zero-order chi connectivity index (χ0) is 31.9. The fraction of sp³-hybridized carbons (Fsp3) is 0.412. The minimum Gasteiger partial charge on any atom is -0.352 e. The summed E-state index contributed by atoms with van der Waals surface area (Å²) < 4.78 is 29.6. The van der Waals surface area contributed by atoms with E-state index in [1.54, 1.807) is 24.3 Å². The molecule has 3 aromatic rings. The molecule has 0 heterocycles. The van der Waals surface area contributed by atoms with Crippen LogP contribution >= 0.6 is 11.6 Å². The number of rotatable bonds is 12. The molecule has 1 aliphatic rings. The summed E-state index contributed by atoms with van der Waals surface area (Å²) in [6.45, 7) is 3.30. The minimum absolute atomic E-state index is 0.0400. The maximum Gasteiger partial charge on any atom is 0.304 e. The molecule has 0 bridgehead atoms. The highest BCUT2D eigenvalue weighted by Crippen LogP contribution is 2.27. The predicted octanol–water partition coefficient (Wildman–Crippen LogP) is 5.66. The van der Waals surface area contributed by atoms with Crippen molar-refractivity contribution in [2.75, 3.05) is 24.9 Å². The van der Waals surface area contributed by atoms with Gasteiger partial charge in [0.05, 0.1) is 5.69 Å². The van der Waals surface area contributed by atoms with Crippen LogP contribution in [0, 0.1) is 13.8 Å². The number of hydrogen-bond acceptors (Lipinski definition) is 4. The van der Waals surface area contributed by atoms with E-state index in [4.69, 9.17) is 11.6 Å². The van der Waals surface area contributed by atoms with Crippen LogP contribution in [0.2, 0.25) is 5.02 Å². The number of benzene rings is 3. The van der Waals surface area contributed by atoms with E-state index in [9.17, 15) is 18.0 Å². The number of carbonyl (C=O) groups is 2.